The van der Waals surface area contributed by atoms with E-state index in [1.54, 1.807) is 13.8 Å². The largest absolute Gasteiger partial charge is 0.466 e. The molecule has 0 unspecified atom stereocenters. The monoisotopic (exact) mass is 337 g/mol. The van der Waals surface area contributed by atoms with E-state index < -0.39 is 0 Å². The molecule has 2 saturated carbocycles. The first kappa shape index (κ1) is 20.5. The maximum absolute atomic E-state index is 10.7. The van der Waals surface area contributed by atoms with Gasteiger partial charge in [0.2, 0.25) is 0 Å². The number of carbonyl (C=O) groups is 2. The molecule has 0 radical (unpaired) electrons. The second-order valence-corrected chi connectivity index (χ2v) is 6.57. The highest BCUT2D eigenvalue weighted by atomic mass is 16.5. The fraction of sp³-hybridized carbons (Fsp3) is 0.842. The molecule has 0 aliphatic heterocycles. The van der Waals surface area contributed by atoms with Gasteiger partial charge >= 0.3 is 11.9 Å². The fourth-order valence-corrected chi connectivity index (χ4v) is 3.77. The minimum Gasteiger partial charge on any atom is -0.466 e. The third-order valence-electron chi connectivity index (χ3n) is 5.00. The molecule has 24 heavy (non-hydrogen) atoms. The number of ether oxygens (including phenoxy) is 2. The fourth-order valence-electron chi connectivity index (χ4n) is 3.77. The molecule has 0 N–H and O–H groups in total. The lowest BCUT2D eigenvalue weighted by Gasteiger charge is -2.27. The third kappa shape index (κ3) is 6.51. The van der Waals surface area contributed by atoms with E-state index in [9.17, 15) is 14.9 Å². The highest BCUT2D eigenvalue weighted by molar-refractivity contribution is 5.77. The van der Waals surface area contributed by atoms with E-state index >= 15 is 0 Å². The van der Waals surface area contributed by atoms with E-state index in [1.807, 2.05) is 0 Å². The number of nitriles is 1. The second-order valence-electron chi connectivity index (χ2n) is 6.57. The van der Waals surface area contributed by atoms with Gasteiger partial charge in [-0.15, -0.1) is 0 Å². The number of rotatable bonds is 6. The van der Waals surface area contributed by atoms with Crippen molar-refractivity contribution in [2.45, 2.75) is 78.1 Å². The standard InChI is InChI=1S/C11H17N.C8H14O4/c12-9-11(7-3-4-8-11)10-5-1-2-6-10;1-3-11-7(9)5-6-8(10)12-4-2/h10H,1-8H2;3-6H2,1-2H3. The van der Waals surface area contributed by atoms with Crippen LogP contribution in [0.3, 0.4) is 0 Å². The van der Waals surface area contributed by atoms with E-state index in [0.717, 1.165) is 5.92 Å². The summed E-state index contributed by atoms with van der Waals surface area (Å²) in [4.78, 5) is 21.4. The normalized spacial score (nSPS) is 19.0. The van der Waals surface area contributed by atoms with Crippen LogP contribution in [0.1, 0.15) is 78.1 Å². The van der Waals surface area contributed by atoms with Crippen molar-refractivity contribution in [1.29, 1.82) is 5.26 Å². The van der Waals surface area contributed by atoms with Gasteiger partial charge in [-0.3, -0.25) is 9.59 Å². The molecule has 2 aliphatic rings. The highest BCUT2D eigenvalue weighted by Crippen LogP contribution is 2.49. The van der Waals surface area contributed by atoms with E-state index in [2.05, 4.69) is 15.5 Å². The van der Waals surface area contributed by atoms with Crippen LogP contribution in [0.2, 0.25) is 0 Å². The summed E-state index contributed by atoms with van der Waals surface area (Å²) in [7, 11) is 0. The molecular weight excluding hydrogens is 306 g/mol. The van der Waals surface area contributed by atoms with Gasteiger partial charge < -0.3 is 9.47 Å². The first-order chi connectivity index (χ1) is 11.6. The average molecular weight is 337 g/mol. The summed E-state index contributed by atoms with van der Waals surface area (Å²) < 4.78 is 9.25. The molecule has 0 aromatic rings. The Morgan fingerprint density at radius 1 is 0.958 bits per heavy atom. The van der Waals surface area contributed by atoms with Crippen LogP contribution in [0.4, 0.5) is 0 Å². The molecule has 0 spiro atoms. The predicted octanol–water partition coefficient (Wildman–Crippen LogP) is 4.15. The first-order valence-corrected chi connectivity index (χ1v) is 9.30. The van der Waals surface area contributed by atoms with Crippen molar-refractivity contribution in [3.8, 4) is 6.07 Å². The summed E-state index contributed by atoms with van der Waals surface area (Å²) in [5, 5.41) is 9.23. The Labute approximate surface area is 145 Å². The van der Waals surface area contributed by atoms with Gasteiger partial charge in [0, 0.05) is 0 Å². The van der Waals surface area contributed by atoms with Crippen LogP contribution in [0.5, 0.6) is 0 Å². The van der Waals surface area contributed by atoms with Gasteiger partial charge in [-0.25, -0.2) is 0 Å². The lowest BCUT2D eigenvalue weighted by atomic mass is 9.74. The molecule has 5 nitrogen and oxygen atoms in total. The number of hydrogen-bond donors (Lipinski definition) is 0. The predicted molar refractivity (Wildman–Crippen MR) is 91.0 cm³/mol. The molecule has 2 rings (SSSR count). The van der Waals surface area contributed by atoms with Crippen molar-refractivity contribution in [3.05, 3.63) is 0 Å². The minimum absolute atomic E-state index is 0.104. The van der Waals surface area contributed by atoms with Gasteiger partial charge in [-0.2, -0.15) is 5.26 Å². The second kappa shape index (κ2) is 11.1. The van der Waals surface area contributed by atoms with Crippen molar-refractivity contribution in [2.24, 2.45) is 11.3 Å². The Hall–Kier alpha value is -1.57. The minimum atomic E-state index is -0.356. The molecule has 0 bridgehead atoms. The number of nitrogens with zero attached hydrogens (tertiary/aromatic N) is 1. The first-order valence-electron chi connectivity index (χ1n) is 9.30. The van der Waals surface area contributed by atoms with E-state index in [0.29, 0.717) is 13.2 Å². The topological polar surface area (TPSA) is 76.4 Å². The molecule has 0 heterocycles. The molecule has 0 aromatic heterocycles. The van der Waals surface area contributed by atoms with Crippen LogP contribution in [0, 0.1) is 22.7 Å². The molecule has 2 fully saturated rings. The van der Waals surface area contributed by atoms with E-state index in [-0.39, 0.29) is 30.2 Å². The van der Waals surface area contributed by atoms with Crippen molar-refractivity contribution < 1.29 is 19.1 Å². The van der Waals surface area contributed by atoms with Gasteiger partial charge in [0.1, 0.15) is 0 Å². The SMILES string of the molecule is CCOC(=O)CCC(=O)OCC.N#CC1(C2CCCC2)CCCC1. The quantitative estimate of drug-likeness (QED) is 0.680. The molecular formula is C19H31NO4. The Balaban J connectivity index is 0.000000240. The Kier molecular flexibility index (Phi) is 9.44. The molecule has 0 saturated heterocycles. The number of carbonyl (C=O) groups excluding carboxylic acids is 2. The van der Waals surface area contributed by atoms with E-state index in [1.165, 1.54) is 51.4 Å². The Morgan fingerprint density at radius 3 is 1.79 bits per heavy atom. The van der Waals surface area contributed by atoms with Gasteiger partial charge in [0.25, 0.3) is 0 Å². The van der Waals surface area contributed by atoms with Crippen LogP contribution in [-0.2, 0) is 19.1 Å². The Bertz CT molecular complexity index is 411. The number of esters is 2. The summed E-state index contributed by atoms with van der Waals surface area (Å²) in [6.45, 7) is 4.15. The number of hydrogen-bond acceptors (Lipinski definition) is 5. The lowest BCUT2D eigenvalue weighted by molar-refractivity contribution is -0.149. The van der Waals surface area contributed by atoms with Crippen molar-refractivity contribution in [1.82, 2.24) is 0 Å². The summed E-state index contributed by atoms with van der Waals surface area (Å²) >= 11 is 0. The smallest absolute Gasteiger partial charge is 0.306 e. The van der Waals surface area contributed by atoms with Crippen molar-refractivity contribution in [3.63, 3.8) is 0 Å². The molecule has 0 amide bonds. The zero-order valence-electron chi connectivity index (χ0n) is 15.1. The molecule has 0 aromatic carbocycles. The van der Waals surface area contributed by atoms with Crippen LogP contribution in [0.15, 0.2) is 0 Å². The molecule has 0 atom stereocenters. The van der Waals surface area contributed by atoms with Crippen LogP contribution >= 0.6 is 0 Å². The summed E-state index contributed by atoms with van der Waals surface area (Å²) in [5.41, 5.74) is 0.122. The van der Waals surface area contributed by atoms with Crippen LogP contribution < -0.4 is 0 Å². The average Bonchev–Trinajstić information content (AvgIpc) is 3.26. The summed E-state index contributed by atoms with van der Waals surface area (Å²) in [6.07, 6.45) is 10.6. The van der Waals surface area contributed by atoms with Gasteiger partial charge in [-0.1, -0.05) is 25.7 Å². The molecule has 2 aliphatic carbocycles. The maximum Gasteiger partial charge on any atom is 0.306 e. The summed E-state index contributed by atoms with van der Waals surface area (Å²) in [6, 6.07) is 2.62. The molecule has 5 heteroatoms. The summed E-state index contributed by atoms with van der Waals surface area (Å²) in [5.74, 6) is 0.0427. The highest BCUT2D eigenvalue weighted by Gasteiger charge is 2.42. The van der Waals surface area contributed by atoms with Crippen LogP contribution in [-0.4, -0.2) is 25.2 Å². The van der Waals surface area contributed by atoms with Gasteiger partial charge in [-0.05, 0) is 45.4 Å². The van der Waals surface area contributed by atoms with Gasteiger partial charge in [0.15, 0.2) is 0 Å². The Morgan fingerprint density at radius 2 is 1.42 bits per heavy atom. The zero-order valence-corrected chi connectivity index (χ0v) is 15.1. The van der Waals surface area contributed by atoms with E-state index in [4.69, 9.17) is 0 Å². The lowest BCUT2D eigenvalue weighted by Crippen LogP contribution is -2.23. The third-order valence-corrected chi connectivity index (χ3v) is 5.00. The van der Waals surface area contributed by atoms with Crippen molar-refractivity contribution >= 4 is 11.9 Å². The molecule has 136 valence electrons. The van der Waals surface area contributed by atoms with Crippen LogP contribution in [0.25, 0.3) is 0 Å². The zero-order chi connectivity index (χ0) is 17.8. The maximum atomic E-state index is 10.7. The van der Waals surface area contributed by atoms with Crippen molar-refractivity contribution in [2.75, 3.05) is 13.2 Å². The van der Waals surface area contributed by atoms with Gasteiger partial charge in [0.05, 0.1) is 37.5 Å².